The number of hydrogen-bond donors (Lipinski definition) is 4. The van der Waals surface area contributed by atoms with Crippen molar-refractivity contribution in [2.75, 3.05) is 0 Å². The second-order valence-corrected chi connectivity index (χ2v) is 4.06. The molecule has 0 aliphatic carbocycles. The third-order valence-electron chi connectivity index (χ3n) is 2.80. The molecule has 0 radical (unpaired) electrons. The molecule has 0 fully saturated rings. The molecule has 18 heavy (non-hydrogen) atoms. The lowest BCUT2D eigenvalue weighted by Gasteiger charge is -2.05. The predicted molar refractivity (Wildman–Crippen MR) is 65.9 cm³/mol. The molecular weight excluding hydrogens is 234 g/mol. The lowest BCUT2D eigenvalue weighted by atomic mass is 10.1. The number of aromatic nitrogens is 1. The topological polar surface area (TPSA) is 93.8 Å². The average Bonchev–Trinajstić information content (AvgIpc) is 2.31. The van der Waals surface area contributed by atoms with Gasteiger partial charge in [-0.1, -0.05) is 0 Å². The summed E-state index contributed by atoms with van der Waals surface area (Å²) in [5.41, 5.74) is 0.978. The summed E-state index contributed by atoms with van der Waals surface area (Å²) in [6, 6.07) is 7.17. The van der Waals surface area contributed by atoms with Crippen LogP contribution >= 0.6 is 0 Å². The third-order valence-corrected chi connectivity index (χ3v) is 2.80. The predicted octanol–water partition coefficient (Wildman–Crippen LogP) is 2.21. The molecule has 0 amide bonds. The van der Waals surface area contributed by atoms with E-state index in [-0.39, 0.29) is 23.0 Å². The zero-order chi connectivity index (χ0) is 12.9. The number of fused-ring (bicyclic) bond motifs is 2. The fourth-order valence-electron chi connectivity index (χ4n) is 1.89. The Bertz CT molecular complexity index is 654. The number of rotatable bonds is 0. The van der Waals surface area contributed by atoms with Gasteiger partial charge in [0.15, 0.2) is 23.0 Å². The van der Waals surface area contributed by atoms with E-state index < -0.39 is 0 Å². The van der Waals surface area contributed by atoms with Crippen LogP contribution in [0.3, 0.4) is 0 Å². The largest absolute Gasteiger partial charge is 0.504 e. The van der Waals surface area contributed by atoms with E-state index in [0.717, 1.165) is 0 Å². The van der Waals surface area contributed by atoms with Crippen LogP contribution < -0.4 is 0 Å². The van der Waals surface area contributed by atoms with Crippen LogP contribution in [0.25, 0.3) is 21.8 Å². The molecule has 0 saturated carbocycles. The second kappa shape index (κ2) is 3.40. The Morgan fingerprint density at radius 3 is 1.39 bits per heavy atom. The summed E-state index contributed by atoms with van der Waals surface area (Å²) in [6.07, 6.45) is 0. The van der Waals surface area contributed by atoms with Gasteiger partial charge in [-0.2, -0.15) is 0 Å². The van der Waals surface area contributed by atoms with Crippen LogP contribution in [-0.2, 0) is 0 Å². The van der Waals surface area contributed by atoms with E-state index in [0.29, 0.717) is 21.8 Å². The highest BCUT2D eigenvalue weighted by atomic mass is 16.3. The molecule has 1 aromatic heterocycles. The minimum atomic E-state index is -0.252. The Kier molecular flexibility index (Phi) is 1.98. The van der Waals surface area contributed by atoms with Crippen LogP contribution in [0.15, 0.2) is 30.3 Å². The van der Waals surface area contributed by atoms with E-state index in [1.807, 2.05) is 0 Å². The highest BCUT2D eigenvalue weighted by molar-refractivity contribution is 5.95. The van der Waals surface area contributed by atoms with Gasteiger partial charge in [0.2, 0.25) is 0 Å². The first-order valence-corrected chi connectivity index (χ1v) is 5.23. The van der Waals surface area contributed by atoms with Crippen molar-refractivity contribution in [3.63, 3.8) is 0 Å². The van der Waals surface area contributed by atoms with Crippen LogP contribution in [-0.4, -0.2) is 25.4 Å². The fourth-order valence-corrected chi connectivity index (χ4v) is 1.89. The molecule has 90 valence electrons. The molecular formula is C13H9NO4. The lowest BCUT2D eigenvalue weighted by molar-refractivity contribution is 0.404. The van der Waals surface area contributed by atoms with Crippen molar-refractivity contribution in [2.24, 2.45) is 0 Å². The maximum Gasteiger partial charge on any atom is 0.159 e. The molecule has 1 heterocycles. The maximum atomic E-state index is 9.42. The zero-order valence-corrected chi connectivity index (χ0v) is 9.12. The smallest absolute Gasteiger partial charge is 0.159 e. The fraction of sp³-hybridized carbons (Fsp3) is 0. The van der Waals surface area contributed by atoms with Gasteiger partial charge in [0.25, 0.3) is 0 Å². The molecule has 4 N–H and O–H groups in total. The van der Waals surface area contributed by atoms with Crippen molar-refractivity contribution < 1.29 is 20.4 Å². The number of pyridine rings is 1. The highest BCUT2D eigenvalue weighted by Crippen LogP contribution is 2.34. The monoisotopic (exact) mass is 243 g/mol. The molecule has 2 aromatic carbocycles. The molecule has 0 spiro atoms. The van der Waals surface area contributed by atoms with Crippen LogP contribution in [0, 0.1) is 0 Å². The van der Waals surface area contributed by atoms with E-state index in [4.69, 9.17) is 0 Å². The summed E-state index contributed by atoms with van der Waals surface area (Å²) in [5.74, 6) is -0.965. The Balaban J connectivity index is 2.43. The normalized spacial score (nSPS) is 11.1. The molecule has 0 bridgehead atoms. The first-order valence-electron chi connectivity index (χ1n) is 5.23. The first-order chi connectivity index (χ1) is 8.54. The van der Waals surface area contributed by atoms with Gasteiger partial charge < -0.3 is 20.4 Å². The van der Waals surface area contributed by atoms with Gasteiger partial charge in [-0.05, 0) is 18.2 Å². The summed E-state index contributed by atoms with van der Waals surface area (Å²) < 4.78 is 0. The van der Waals surface area contributed by atoms with Crippen LogP contribution in [0.1, 0.15) is 0 Å². The van der Waals surface area contributed by atoms with Crippen LogP contribution in [0.2, 0.25) is 0 Å². The molecule has 0 saturated heterocycles. The average molecular weight is 243 g/mol. The standard InChI is InChI=1S/C13H9NO4/c15-10-2-6-1-7-3-11(16)13(18)5-9(7)14-8(6)4-12(10)17/h1-5,15-18H. The van der Waals surface area contributed by atoms with Crippen molar-refractivity contribution in [1.82, 2.24) is 4.98 Å². The zero-order valence-electron chi connectivity index (χ0n) is 9.12. The van der Waals surface area contributed by atoms with Crippen LogP contribution in [0.5, 0.6) is 23.0 Å². The van der Waals surface area contributed by atoms with E-state index in [9.17, 15) is 20.4 Å². The van der Waals surface area contributed by atoms with Crippen molar-refractivity contribution in [3.8, 4) is 23.0 Å². The van der Waals surface area contributed by atoms with Crippen molar-refractivity contribution in [3.05, 3.63) is 30.3 Å². The molecule has 3 rings (SSSR count). The summed E-state index contributed by atoms with van der Waals surface area (Å²) in [7, 11) is 0. The molecule has 5 nitrogen and oxygen atoms in total. The Morgan fingerprint density at radius 1 is 0.556 bits per heavy atom. The SMILES string of the molecule is Oc1cc2cc3cc(O)c(O)cc3nc2cc1O. The van der Waals surface area contributed by atoms with Crippen molar-refractivity contribution in [1.29, 1.82) is 0 Å². The molecule has 0 aliphatic heterocycles. The minimum Gasteiger partial charge on any atom is -0.504 e. The van der Waals surface area contributed by atoms with Gasteiger partial charge in [-0.25, -0.2) is 4.98 Å². The van der Waals surface area contributed by atoms with Gasteiger partial charge in [-0.15, -0.1) is 0 Å². The quantitative estimate of drug-likeness (QED) is 0.359. The number of nitrogens with zero attached hydrogens (tertiary/aromatic N) is 1. The lowest BCUT2D eigenvalue weighted by Crippen LogP contribution is -1.83. The highest BCUT2D eigenvalue weighted by Gasteiger charge is 2.08. The van der Waals surface area contributed by atoms with Crippen LogP contribution in [0.4, 0.5) is 0 Å². The third kappa shape index (κ3) is 1.45. The van der Waals surface area contributed by atoms with E-state index in [2.05, 4.69) is 4.98 Å². The first kappa shape index (κ1) is 10.5. The van der Waals surface area contributed by atoms with Gasteiger partial charge in [0.1, 0.15) is 0 Å². The number of phenols is 4. The number of phenolic OH excluding ortho intramolecular Hbond substituents is 4. The number of aromatic hydroxyl groups is 4. The molecule has 3 aromatic rings. The summed E-state index contributed by atoms with van der Waals surface area (Å²) in [5, 5.41) is 38.9. The number of hydrogen-bond acceptors (Lipinski definition) is 5. The van der Waals surface area contributed by atoms with Crippen molar-refractivity contribution >= 4 is 21.8 Å². The van der Waals surface area contributed by atoms with Gasteiger partial charge in [0.05, 0.1) is 11.0 Å². The van der Waals surface area contributed by atoms with Gasteiger partial charge in [0, 0.05) is 22.9 Å². The van der Waals surface area contributed by atoms with Crippen molar-refractivity contribution in [2.45, 2.75) is 0 Å². The van der Waals surface area contributed by atoms with E-state index >= 15 is 0 Å². The van der Waals surface area contributed by atoms with E-state index in [1.165, 1.54) is 24.3 Å². The number of benzene rings is 2. The summed E-state index contributed by atoms with van der Waals surface area (Å²) in [6.45, 7) is 0. The summed E-state index contributed by atoms with van der Waals surface area (Å²) in [4.78, 5) is 4.24. The molecule has 0 atom stereocenters. The molecule has 0 unspecified atom stereocenters. The summed E-state index contributed by atoms with van der Waals surface area (Å²) >= 11 is 0. The Morgan fingerprint density at radius 2 is 0.944 bits per heavy atom. The molecule has 5 heteroatoms. The minimum absolute atomic E-state index is 0.230. The van der Waals surface area contributed by atoms with Gasteiger partial charge in [-0.3, -0.25) is 0 Å². The maximum absolute atomic E-state index is 9.42. The van der Waals surface area contributed by atoms with Gasteiger partial charge >= 0.3 is 0 Å². The Labute approximate surface area is 101 Å². The Hall–Kier alpha value is -2.69. The van der Waals surface area contributed by atoms with E-state index in [1.54, 1.807) is 6.07 Å². The molecule has 0 aliphatic rings. The second-order valence-electron chi connectivity index (χ2n) is 4.06.